The minimum absolute atomic E-state index is 0.241. The highest BCUT2D eigenvalue weighted by Crippen LogP contribution is 2.14. The number of nitrogens with zero attached hydrogens (tertiary/aromatic N) is 3. The SMILES string of the molecule is CS(=O)(=O)ON=C(C#N)c1ccc(C(C#N)NOS(C)(=O)=O)cc1. The van der Waals surface area contributed by atoms with E-state index >= 15 is 0 Å². The summed E-state index contributed by atoms with van der Waals surface area (Å²) in [7, 11) is -7.63. The van der Waals surface area contributed by atoms with Crippen LogP contribution in [0.4, 0.5) is 0 Å². The Kier molecular flexibility index (Phi) is 6.39. The van der Waals surface area contributed by atoms with E-state index in [1.807, 2.05) is 0 Å². The van der Waals surface area contributed by atoms with E-state index in [1.54, 1.807) is 12.1 Å². The molecule has 12 heteroatoms. The van der Waals surface area contributed by atoms with E-state index in [2.05, 4.69) is 19.2 Å². The summed E-state index contributed by atoms with van der Waals surface area (Å²) in [6.07, 6.45) is 1.59. The van der Waals surface area contributed by atoms with Crippen LogP contribution in [0.15, 0.2) is 29.4 Å². The molecule has 0 fully saturated rings. The zero-order valence-corrected chi connectivity index (χ0v) is 14.1. The quantitative estimate of drug-likeness (QED) is 0.510. The molecular formula is C12H12N4O6S2. The second-order valence-corrected chi connectivity index (χ2v) is 7.55. The van der Waals surface area contributed by atoms with E-state index in [1.165, 1.54) is 24.3 Å². The van der Waals surface area contributed by atoms with Crippen LogP contribution in [0.25, 0.3) is 0 Å². The summed E-state index contributed by atoms with van der Waals surface area (Å²) in [5, 5.41) is 21.2. The first kappa shape index (κ1) is 19.5. The molecule has 1 aromatic carbocycles. The average molecular weight is 372 g/mol. The Bertz CT molecular complexity index is 908. The number of nitrogens with one attached hydrogen (secondary N) is 1. The molecule has 1 unspecified atom stereocenters. The standard InChI is InChI=1S/C12H12N4O6S2/c1-23(17,18)21-15-11(7-13)9-3-5-10(6-4-9)12(8-14)16-22-24(2,19)20/h3-6,11,15H,1-2H3. The third-order valence-electron chi connectivity index (χ3n) is 2.33. The van der Waals surface area contributed by atoms with Gasteiger partial charge in [0.15, 0.2) is 5.71 Å². The zero-order chi connectivity index (χ0) is 18.4. The number of rotatable bonds is 7. The highest BCUT2D eigenvalue weighted by molar-refractivity contribution is 7.86. The number of nitriles is 2. The molecule has 1 rings (SSSR count). The fourth-order valence-electron chi connectivity index (χ4n) is 1.38. The van der Waals surface area contributed by atoms with E-state index in [4.69, 9.17) is 10.5 Å². The molecule has 0 saturated heterocycles. The van der Waals surface area contributed by atoms with Gasteiger partial charge in [-0.2, -0.15) is 37.1 Å². The second kappa shape index (κ2) is 7.85. The van der Waals surface area contributed by atoms with Crippen molar-refractivity contribution in [2.24, 2.45) is 5.16 Å². The molecule has 0 aliphatic carbocycles. The summed E-state index contributed by atoms with van der Waals surface area (Å²) >= 11 is 0. The molecular weight excluding hydrogens is 360 g/mol. The van der Waals surface area contributed by atoms with Crippen molar-refractivity contribution in [3.63, 3.8) is 0 Å². The van der Waals surface area contributed by atoms with Crippen molar-refractivity contribution in [2.45, 2.75) is 6.04 Å². The van der Waals surface area contributed by atoms with Gasteiger partial charge in [-0.3, -0.25) is 4.28 Å². The minimum Gasteiger partial charge on any atom is -0.267 e. The third-order valence-corrected chi connectivity index (χ3v) is 3.08. The van der Waals surface area contributed by atoms with E-state index in [9.17, 15) is 16.8 Å². The van der Waals surface area contributed by atoms with Crippen LogP contribution < -0.4 is 5.48 Å². The Balaban J connectivity index is 2.99. The smallest absolute Gasteiger partial charge is 0.267 e. The second-order valence-electron chi connectivity index (χ2n) is 4.42. The van der Waals surface area contributed by atoms with E-state index in [0.717, 1.165) is 12.5 Å². The van der Waals surface area contributed by atoms with Crippen LogP contribution in [0.5, 0.6) is 0 Å². The van der Waals surface area contributed by atoms with Crippen molar-refractivity contribution < 1.29 is 25.4 Å². The number of hydroxylamine groups is 1. The zero-order valence-electron chi connectivity index (χ0n) is 12.5. The van der Waals surface area contributed by atoms with Gasteiger partial charge in [0.25, 0.3) is 10.1 Å². The molecule has 24 heavy (non-hydrogen) atoms. The van der Waals surface area contributed by atoms with Gasteiger partial charge in [0.2, 0.25) is 0 Å². The molecule has 0 bridgehead atoms. The predicted molar refractivity (Wildman–Crippen MR) is 81.9 cm³/mol. The number of oxime groups is 1. The van der Waals surface area contributed by atoms with Crippen LogP contribution in [0, 0.1) is 22.7 Å². The maximum atomic E-state index is 10.9. The number of hydrogen-bond donors (Lipinski definition) is 1. The molecule has 0 aliphatic rings. The molecule has 0 spiro atoms. The molecule has 1 aromatic rings. The number of benzene rings is 1. The maximum Gasteiger partial charge on any atom is 0.325 e. The minimum atomic E-state index is -3.85. The summed E-state index contributed by atoms with van der Waals surface area (Å²) in [6.45, 7) is 0. The van der Waals surface area contributed by atoms with Crippen molar-refractivity contribution in [1.82, 2.24) is 5.48 Å². The van der Waals surface area contributed by atoms with Crippen LogP contribution in [0.3, 0.4) is 0 Å². The normalized spacial score (nSPS) is 13.6. The van der Waals surface area contributed by atoms with E-state index < -0.39 is 26.3 Å². The highest BCUT2D eigenvalue weighted by atomic mass is 32.2. The molecule has 0 heterocycles. The van der Waals surface area contributed by atoms with Crippen LogP contribution in [-0.4, -0.2) is 35.1 Å². The molecule has 1 atom stereocenters. The molecule has 0 saturated carbocycles. The molecule has 10 nitrogen and oxygen atoms in total. The third kappa shape index (κ3) is 6.72. The van der Waals surface area contributed by atoms with Gasteiger partial charge in [-0.1, -0.05) is 29.4 Å². The monoisotopic (exact) mass is 372 g/mol. The summed E-state index contributed by atoms with van der Waals surface area (Å²) in [5.74, 6) is 0. The van der Waals surface area contributed by atoms with E-state index in [0.29, 0.717) is 5.56 Å². The van der Waals surface area contributed by atoms with Gasteiger partial charge in [-0.15, -0.1) is 0 Å². The van der Waals surface area contributed by atoms with Crippen molar-refractivity contribution >= 4 is 25.9 Å². The van der Waals surface area contributed by atoms with Gasteiger partial charge in [0.1, 0.15) is 12.1 Å². The fourth-order valence-corrected chi connectivity index (χ4v) is 1.86. The van der Waals surface area contributed by atoms with E-state index in [-0.39, 0.29) is 11.3 Å². The van der Waals surface area contributed by atoms with Crippen molar-refractivity contribution in [3.8, 4) is 12.1 Å². The Hall–Kier alpha value is -2.51. The average Bonchev–Trinajstić information content (AvgIpc) is 2.47. The number of hydrogen-bond acceptors (Lipinski definition) is 10. The van der Waals surface area contributed by atoms with Gasteiger partial charge >= 0.3 is 10.1 Å². The van der Waals surface area contributed by atoms with Gasteiger partial charge < -0.3 is 0 Å². The summed E-state index contributed by atoms with van der Waals surface area (Å²) < 4.78 is 52.1. The first-order valence-corrected chi connectivity index (χ1v) is 9.69. The lowest BCUT2D eigenvalue weighted by molar-refractivity contribution is 0.186. The van der Waals surface area contributed by atoms with Crippen molar-refractivity contribution in [1.29, 1.82) is 10.5 Å². The summed E-state index contributed by atoms with van der Waals surface area (Å²) in [6, 6.07) is 7.99. The topological polar surface area (TPSA) is 159 Å². The summed E-state index contributed by atoms with van der Waals surface area (Å²) in [4.78, 5) is 0. The fraction of sp³-hybridized carbons (Fsp3) is 0.250. The lowest BCUT2D eigenvalue weighted by Crippen LogP contribution is -2.23. The Morgan fingerprint density at radius 1 is 1.12 bits per heavy atom. The van der Waals surface area contributed by atoms with Crippen molar-refractivity contribution in [3.05, 3.63) is 35.4 Å². The Morgan fingerprint density at radius 2 is 1.71 bits per heavy atom. The van der Waals surface area contributed by atoms with Gasteiger partial charge in [-0.25, -0.2) is 0 Å². The molecule has 1 N–H and O–H groups in total. The van der Waals surface area contributed by atoms with Gasteiger partial charge in [0, 0.05) is 5.56 Å². The van der Waals surface area contributed by atoms with Gasteiger partial charge in [0.05, 0.1) is 18.6 Å². The van der Waals surface area contributed by atoms with Crippen LogP contribution in [0.2, 0.25) is 0 Å². The summed E-state index contributed by atoms with van der Waals surface area (Å²) in [5.41, 5.74) is 2.39. The Morgan fingerprint density at radius 3 is 2.12 bits per heavy atom. The molecule has 0 aliphatic heterocycles. The molecule has 0 aromatic heterocycles. The first-order valence-electron chi connectivity index (χ1n) is 6.06. The lowest BCUT2D eigenvalue weighted by Gasteiger charge is -2.10. The van der Waals surface area contributed by atoms with Crippen LogP contribution in [0.1, 0.15) is 17.2 Å². The van der Waals surface area contributed by atoms with Crippen LogP contribution in [-0.2, 0) is 28.8 Å². The molecule has 0 amide bonds. The largest absolute Gasteiger partial charge is 0.325 e. The first-order chi connectivity index (χ1) is 11.1. The highest BCUT2D eigenvalue weighted by Gasteiger charge is 2.14. The van der Waals surface area contributed by atoms with Gasteiger partial charge in [-0.05, 0) is 5.56 Å². The lowest BCUT2D eigenvalue weighted by atomic mass is 10.0. The predicted octanol–water partition coefficient (Wildman–Crippen LogP) is -0.0640. The maximum absolute atomic E-state index is 10.9. The van der Waals surface area contributed by atoms with Crippen molar-refractivity contribution in [2.75, 3.05) is 12.5 Å². The Labute approximate surface area is 139 Å². The van der Waals surface area contributed by atoms with Crippen LogP contribution >= 0.6 is 0 Å². The molecule has 0 radical (unpaired) electrons. The molecule has 128 valence electrons.